The minimum absolute atomic E-state index is 0.980. The van der Waals surface area contributed by atoms with Crippen molar-refractivity contribution in [3.63, 3.8) is 0 Å². The van der Waals surface area contributed by atoms with E-state index in [0.29, 0.717) is 0 Å². The lowest BCUT2D eigenvalue weighted by Crippen LogP contribution is -2.04. The SMILES string of the molecule is CC.CC.c1ccc(CCNc2ccccc2)cc1. The van der Waals surface area contributed by atoms with E-state index >= 15 is 0 Å². The topological polar surface area (TPSA) is 12.0 Å². The second-order valence-corrected chi connectivity index (χ2v) is 3.53. The van der Waals surface area contributed by atoms with E-state index in [-0.39, 0.29) is 0 Å². The second-order valence-electron chi connectivity index (χ2n) is 3.53. The average molecular weight is 257 g/mol. The van der Waals surface area contributed by atoms with Gasteiger partial charge in [-0.05, 0) is 24.1 Å². The molecule has 0 bridgehead atoms. The molecule has 0 aliphatic heterocycles. The van der Waals surface area contributed by atoms with Crippen molar-refractivity contribution in [3.8, 4) is 0 Å². The summed E-state index contributed by atoms with van der Waals surface area (Å²) in [4.78, 5) is 0. The largest absolute Gasteiger partial charge is 0.385 e. The van der Waals surface area contributed by atoms with Crippen LogP contribution in [0.5, 0.6) is 0 Å². The number of nitrogens with one attached hydrogen (secondary N) is 1. The molecule has 0 spiro atoms. The molecular weight excluding hydrogens is 230 g/mol. The Bertz CT molecular complexity index is 341. The molecule has 1 heteroatoms. The fourth-order valence-corrected chi connectivity index (χ4v) is 1.55. The van der Waals surface area contributed by atoms with Crippen molar-refractivity contribution >= 4 is 5.69 Å². The highest BCUT2D eigenvalue weighted by Crippen LogP contribution is 2.05. The van der Waals surface area contributed by atoms with Crippen LogP contribution in [0.15, 0.2) is 60.7 Å². The Morgan fingerprint density at radius 1 is 0.684 bits per heavy atom. The summed E-state index contributed by atoms with van der Waals surface area (Å²) in [6, 6.07) is 20.8. The molecule has 2 aromatic rings. The first-order valence-corrected chi connectivity index (χ1v) is 7.28. The zero-order valence-corrected chi connectivity index (χ0v) is 12.7. The highest BCUT2D eigenvalue weighted by molar-refractivity contribution is 5.42. The minimum Gasteiger partial charge on any atom is -0.385 e. The fourth-order valence-electron chi connectivity index (χ4n) is 1.55. The number of hydrogen-bond acceptors (Lipinski definition) is 1. The molecule has 0 atom stereocenters. The lowest BCUT2D eigenvalue weighted by Gasteiger charge is -2.05. The Balaban J connectivity index is 0.000000741. The van der Waals surface area contributed by atoms with Crippen LogP contribution >= 0.6 is 0 Å². The van der Waals surface area contributed by atoms with E-state index in [1.165, 1.54) is 11.3 Å². The van der Waals surface area contributed by atoms with Gasteiger partial charge in [0.05, 0.1) is 0 Å². The van der Waals surface area contributed by atoms with Gasteiger partial charge in [0.1, 0.15) is 0 Å². The maximum Gasteiger partial charge on any atom is 0.0340 e. The Morgan fingerprint density at radius 3 is 1.68 bits per heavy atom. The van der Waals surface area contributed by atoms with E-state index < -0.39 is 0 Å². The summed E-state index contributed by atoms with van der Waals surface area (Å²) in [6.07, 6.45) is 1.07. The molecule has 0 aromatic heterocycles. The number of anilines is 1. The van der Waals surface area contributed by atoms with Crippen LogP contribution in [-0.4, -0.2) is 6.54 Å². The van der Waals surface area contributed by atoms with Crippen molar-refractivity contribution in [1.29, 1.82) is 0 Å². The zero-order valence-electron chi connectivity index (χ0n) is 12.7. The van der Waals surface area contributed by atoms with Crippen molar-refractivity contribution in [1.82, 2.24) is 0 Å². The molecule has 0 unspecified atom stereocenters. The van der Waals surface area contributed by atoms with Crippen LogP contribution < -0.4 is 5.32 Å². The van der Waals surface area contributed by atoms with Crippen LogP contribution in [0.1, 0.15) is 33.3 Å². The van der Waals surface area contributed by atoms with Gasteiger partial charge in [-0.15, -0.1) is 0 Å². The van der Waals surface area contributed by atoms with Crippen molar-refractivity contribution in [2.45, 2.75) is 34.1 Å². The first kappa shape index (κ1) is 17.2. The van der Waals surface area contributed by atoms with Crippen LogP contribution in [-0.2, 0) is 6.42 Å². The lowest BCUT2D eigenvalue weighted by atomic mass is 10.1. The van der Waals surface area contributed by atoms with Gasteiger partial charge in [-0.25, -0.2) is 0 Å². The molecule has 2 rings (SSSR count). The van der Waals surface area contributed by atoms with E-state index in [2.05, 4.69) is 41.7 Å². The normalized spacial score (nSPS) is 8.42. The molecule has 19 heavy (non-hydrogen) atoms. The molecule has 0 amide bonds. The molecule has 1 N–H and O–H groups in total. The van der Waals surface area contributed by atoms with Crippen molar-refractivity contribution in [2.75, 3.05) is 11.9 Å². The molecule has 0 radical (unpaired) electrons. The van der Waals surface area contributed by atoms with Gasteiger partial charge in [-0.3, -0.25) is 0 Å². The number of benzene rings is 2. The third kappa shape index (κ3) is 8.04. The van der Waals surface area contributed by atoms with Gasteiger partial charge in [0.25, 0.3) is 0 Å². The smallest absolute Gasteiger partial charge is 0.0340 e. The molecule has 0 saturated heterocycles. The van der Waals surface area contributed by atoms with Crippen molar-refractivity contribution in [2.24, 2.45) is 0 Å². The summed E-state index contributed by atoms with van der Waals surface area (Å²) in [6.45, 7) is 8.98. The number of para-hydroxylation sites is 1. The van der Waals surface area contributed by atoms with Gasteiger partial charge >= 0.3 is 0 Å². The van der Waals surface area contributed by atoms with Gasteiger partial charge in [-0.2, -0.15) is 0 Å². The van der Waals surface area contributed by atoms with Crippen molar-refractivity contribution < 1.29 is 0 Å². The average Bonchev–Trinajstić information content (AvgIpc) is 2.53. The van der Waals surface area contributed by atoms with Gasteiger partial charge in [0.15, 0.2) is 0 Å². The van der Waals surface area contributed by atoms with Crippen LogP contribution in [0.2, 0.25) is 0 Å². The summed E-state index contributed by atoms with van der Waals surface area (Å²) in [5, 5.41) is 3.39. The Kier molecular flexibility index (Phi) is 11.5. The van der Waals surface area contributed by atoms with Crippen LogP contribution in [0.3, 0.4) is 0 Å². The fraction of sp³-hybridized carbons (Fsp3) is 0.333. The molecular formula is C18H27N. The lowest BCUT2D eigenvalue weighted by molar-refractivity contribution is 1.02. The molecule has 0 fully saturated rings. The number of hydrogen-bond donors (Lipinski definition) is 1. The summed E-state index contributed by atoms with van der Waals surface area (Å²) in [7, 11) is 0. The molecule has 1 nitrogen and oxygen atoms in total. The predicted octanol–water partition coefficient (Wildman–Crippen LogP) is 5.39. The van der Waals surface area contributed by atoms with Crippen molar-refractivity contribution in [3.05, 3.63) is 66.2 Å². The van der Waals surface area contributed by atoms with E-state index in [0.717, 1.165) is 13.0 Å². The van der Waals surface area contributed by atoms with E-state index in [4.69, 9.17) is 0 Å². The first-order valence-electron chi connectivity index (χ1n) is 7.28. The quantitative estimate of drug-likeness (QED) is 0.774. The standard InChI is InChI=1S/C14H15N.2C2H6/c1-3-7-13(8-4-1)11-12-15-14-9-5-2-6-10-14;2*1-2/h1-10,15H,11-12H2;2*1-2H3. The van der Waals surface area contributed by atoms with Gasteiger partial charge in [0, 0.05) is 12.2 Å². The van der Waals surface area contributed by atoms with E-state index in [1.807, 2.05) is 52.0 Å². The Hall–Kier alpha value is -1.76. The predicted molar refractivity (Wildman–Crippen MR) is 87.8 cm³/mol. The van der Waals surface area contributed by atoms with Gasteiger partial charge < -0.3 is 5.32 Å². The van der Waals surface area contributed by atoms with E-state index in [9.17, 15) is 0 Å². The van der Waals surface area contributed by atoms with Gasteiger partial charge in [0.2, 0.25) is 0 Å². The number of rotatable bonds is 4. The van der Waals surface area contributed by atoms with Crippen LogP contribution in [0, 0.1) is 0 Å². The minimum atomic E-state index is 0.980. The molecule has 0 saturated carbocycles. The molecule has 104 valence electrons. The first-order chi connectivity index (χ1) is 9.45. The molecule has 0 aliphatic rings. The highest BCUT2D eigenvalue weighted by atomic mass is 14.9. The highest BCUT2D eigenvalue weighted by Gasteiger charge is 1.91. The zero-order chi connectivity index (χ0) is 14.3. The third-order valence-corrected chi connectivity index (χ3v) is 2.36. The maximum absolute atomic E-state index is 3.39. The molecule has 0 aliphatic carbocycles. The monoisotopic (exact) mass is 257 g/mol. The molecule has 2 aromatic carbocycles. The third-order valence-electron chi connectivity index (χ3n) is 2.36. The Labute approximate surface area is 118 Å². The van der Waals surface area contributed by atoms with Crippen LogP contribution in [0.4, 0.5) is 5.69 Å². The van der Waals surface area contributed by atoms with Gasteiger partial charge in [-0.1, -0.05) is 76.2 Å². The second kappa shape index (κ2) is 12.7. The summed E-state index contributed by atoms with van der Waals surface area (Å²) in [5.41, 5.74) is 2.56. The summed E-state index contributed by atoms with van der Waals surface area (Å²) < 4.78 is 0. The van der Waals surface area contributed by atoms with Crippen LogP contribution in [0.25, 0.3) is 0 Å². The van der Waals surface area contributed by atoms with E-state index in [1.54, 1.807) is 0 Å². The summed E-state index contributed by atoms with van der Waals surface area (Å²) in [5.74, 6) is 0. The molecule has 0 heterocycles. The Morgan fingerprint density at radius 2 is 1.16 bits per heavy atom. The maximum atomic E-state index is 3.39. The summed E-state index contributed by atoms with van der Waals surface area (Å²) >= 11 is 0.